The monoisotopic (exact) mass is 709 g/mol. The highest BCUT2D eigenvalue weighted by Crippen LogP contribution is 2.39. The van der Waals surface area contributed by atoms with Crippen molar-refractivity contribution in [3.8, 4) is 11.4 Å². The van der Waals surface area contributed by atoms with E-state index >= 15 is 8.78 Å². The summed E-state index contributed by atoms with van der Waals surface area (Å²) in [7, 11) is -1.95. The molecule has 14 heteroatoms. The van der Waals surface area contributed by atoms with Gasteiger partial charge in [-0.3, -0.25) is 9.36 Å². The normalized spacial score (nSPS) is 12.8. The van der Waals surface area contributed by atoms with E-state index in [1.165, 1.54) is 19.2 Å². The Morgan fingerprint density at radius 2 is 1.74 bits per heavy atom. The van der Waals surface area contributed by atoms with E-state index in [0.717, 1.165) is 24.4 Å². The van der Waals surface area contributed by atoms with E-state index in [4.69, 9.17) is 16.3 Å². The number of imidazole rings is 1. The number of hydrogen-bond acceptors (Lipinski definition) is 6. The molecule has 0 aliphatic carbocycles. The molecule has 252 valence electrons. The first-order chi connectivity index (χ1) is 22.1. The Bertz CT molecular complexity index is 1840. The topological polar surface area (TPSA) is 102 Å². The molecule has 4 aromatic rings. The van der Waals surface area contributed by atoms with Gasteiger partial charge < -0.3 is 9.84 Å². The highest BCUT2D eigenvalue weighted by Gasteiger charge is 2.34. The Hall–Kier alpha value is -3.52. The third-order valence-corrected chi connectivity index (χ3v) is 11.2. The lowest BCUT2D eigenvalue weighted by Gasteiger charge is -2.28. The molecule has 0 aliphatic rings. The van der Waals surface area contributed by atoms with E-state index in [2.05, 4.69) is 4.98 Å². The molecule has 8 nitrogen and oxygen atoms in total. The van der Waals surface area contributed by atoms with E-state index in [1.54, 1.807) is 35.0 Å². The van der Waals surface area contributed by atoms with Gasteiger partial charge in [0.2, 0.25) is 10.0 Å². The number of thioether (sulfide) groups is 1. The predicted octanol–water partition coefficient (Wildman–Crippen LogP) is 7.83. The van der Waals surface area contributed by atoms with Crippen LogP contribution in [-0.2, 0) is 26.0 Å². The quantitative estimate of drug-likeness (QED) is 0.133. The van der Waals surface area contributed by atoms with Crippen LogP contribution in [0.15, 0.2) is 70.8 Å². The molecule has 0 fully saturated rings. The average molecular weight is 710 g/mol. The van der Waals surface area contributed by atoms with Crippen LogP contribution in [0, 0.1) is 17.5 Å². The van der Waals surface area contributed by atoms with Crippen LogP contribution in [0.4, 0.5) is 13.2 Å². The summed E-state index contributed by atoms with van der Waals surface area (Å²) in [5, 5.41) is 10.4. The number of unbranched alkanes of at least 4 members (excludes halogenated alkanes) is 1. The molecular formula is C33H35ClF3N3O5S2. The number of rotatable bonds is 14. The molecule has 0 spiro atoms. The first-order valence-electron chi connectivity index (χ1n) is 14.6. The van der Waals surface area contributed by atoms with Crippen LogP contribution in [0.25, 0.3) is 5.69 Å². The zero-order chi connectivity index (χ0) is 34.7. The number of nitrogens with zero attached hydrogens (tertiary/aromatic N) is 3. The number of carbonyl (C=O) groups is 1. The Morgan fingerprint density at radius 1 is 1.11 bits per heavy atom. The van der Waals surface area contributed by atoms with Crippen molar-refractivity contribution >= 4 is 39.4 Å². The van der Waals surface area contributed by atoms with Gasteiger partial charge in [0.05, 0.1) is 28.9 Å². The molecule has 0 amide bonds. The Labute approximate surface area is 281 Å². The average Bonchev–Trinajstić information content (AvgIpc) is 3.45. The molecule has 1 atom stereocenters. The lowest BCUT2D eigenvalue weighted by molar-refractivity contribution is -0.141. The molecule has 0 saturated heterocycles. The molecule has 0 saturated carbocycles. The largest absolute Gasteiger partial charge is 0.495 e. The third kappa shape index (κ3) is 7.64. The number of benzene rings is 3. The fourth-order valence-corrected chi connectivity index (χ4v) is 7.68. The number of halogens is 4. The minimum absolute atomic E-state index is 0.0479. The van der Waals surface area contributed by atoms with Crippen molar-refractivity contribution in [2.75, 3.05) is 14.2 Å². The molecule has 1 aromatic heterocycles. The second-order valence-electron chi connectivity index (χ2n) is 11.4. The van der Waals surface area contributed by atoms with Gasteiger partial charge in [0.15, 0.2) is 5.16 Å². The maximum Gasteiger partial charge on any atom is 0.322 e. The van der Waals surface area contributed by atoms with Crippen LogP contribution < -0.4 is 4.74 Å². The molecule has 0 aliphatic heterocycles. The van der Waals surface area contributed by atoms with Crippen molar-refractivity contribution in [2.24, 2.45) is 0 Å². The van der Waals surface area contributed by atoms with Crippen molar-refractivity contribution in [1.82, 2.24) is 13.9 Å². The Kier molecular flexibility index (Phi) is 11.4. The van der Waals surface area contributed by atoms with Crippen LogP contribution in [0.3, 0.4) is 0 Å². The lowest BCUT2D eigenvalue weighted by atomic mass is 9.81. The Balaban J connectivity index is 1.70. The van der Waals surface area contributed by atoms with Gasteiger partial charge in [-0.25, -0.2) is 26.6 Å². The van der Waals surface area contributed by atoms with Gasteiger partial charge in [-0.05, 0) is 60.5 Å². The number of ether oxygens (including phenoxy) is 1. The molecule has 1 N–H and O–H groups in total. The zero-order valence-electron chi connectivity index (χ0n) is 26.4. The van der Waals surface area contributed by atoms with Crippen molar-refractivity contribution in [2.45, 2.75) is 67.3 Å². The summed E-state index contributed by atoms with van der Waals surface area (Å²) in [5.41, 5.74) is 0.961. The van der Waals surface area contributed by atoms with Gasteiger partial charge in [0.1, 0.15) is 29.2 Å². The van der Waals surface area contributed by atoms with Crippen LogP contribution in [0.5, 0.6) is 5.75 Å². The summed E-state index contributed by atoms with van der Waals surface area (Å²) in [5.74, 6) is -3.82. The minimum atomic E-state index is -4.53. The van der Waals surface area contributed by atoms with Crippen LogP contribution >= 0.6 is 23.4 Å². The standard InChI is InChI=1S/C33H35ClF3N3O5S2/c1-6-7-8-28(31(41)42)39(4)47(43,44)23-16-26(36)24(27(37)17-23)19-46-32-38-18-30(40(32)22-12-10-21(35)11-13-22)33(2,3)20-9-14-25(34)29(15-20)45-5/h9-18,28H,6-8,19H2,1-5H3,(H,41,42)/t28-/m1/s1. The van der Waals surface area contributed by atoms with Crippen LogP contribution in [0.2, 0.25) is 5.02 Å². The van der Waals surface area contributed by atoms with E-state index in [9.17, 15) is 22.7 Å². The van der Waals surface area contributed by atoms with E-state index in [0.29, 0.717) is 56.6 Å². The molecule has 47 heavy (non-hydrogen) atoms. The van der Waals surface area contributed by atoms with Crippen LogP contribution in [0.1, 0.15) is 56.9 Å². The minimum Gasteiger partial charge on any atom is -0.495 e. The summed E-state index contributed by atoms with van der Waals surface area (Å²) >= 11 is 7.26. The number of methoxy groups -OCH3 is 1. The number of aromatic nitrogens is 2. The second kappa shape index (κ2) is 14.7. The fourth-order valence-electron chi connectivity index (χ4n) is 5.11. The summed E-state index contributed by atoms with van der Waals surface area (Å²) in [4.78, 5) is 15.6. The van der Waals surface area contributed by atoms with Gasteiger partial charge in [0.25, 0.3) is 0 Å². The van der Waals surface area contributed by atoms with Crippen molar-refractivity contribution in [3.63, 3.8) is 0 Å². The zero-order valence-corrected chi connectivity index (χ0v) is 28.8. The molecule has 0 bridgehead atoms. The molecule has 0 radical (unpaired) electrons. The van der Waals surface area contributed by atoms with Gasteiger partial charge in [-0.15, -0.1) is 0 Å². The van der Waals surface area contributed by atoms with E-state index < -0.39 is 55.4 Å². The molecule has 0 unspecified atom stereocenters. The van der Waals surface area contributed by atoms with Gasteiger partial charge in [-0.1, -0.05) is 63.0 Å². The summed E-state index contributed by atoms with van der Waals surface area (Å²) < 4.78 is 78.9. The van der Waals surface area contributed by atoms with Gasteiger partial charge in [-0.2, -0.15) is 4.31 Å². The van der Waals surface area contributed by atoms with E-state index in [-0.39, 0.29) is 12.2 Å². The van der Waals surface area contributed by atoms with Crippen LogP contribution in [-0.4, -0.2) is 53.5 Å². The Morgan fingerprint density at radius 3 is 2.32 bits per heavy atom. The smallest absolute Gasteiger partial charge is 0.322 e. The maximum atomic E-state index is 15.4. The molecular weight excluding hydrogens is 675 g/mol. The third-order valence-electron chi connectivity index (χ3n) is 8.02. The molecule has 3 aromatic carbocycles. The predicted molar refractivity (Wildman–Crippen MR) is 175 cm³/mol. The summed E-state index contributed by atoms with van der Waals surface area (Å²) in [6.45, 7) is 5.74. The van der Waals surface area contributed by atoms with Crippen molar-refractivity contribution < 1.29 is 36.2 Å². The highest BCUT2D eigenvalue weighted by atomic mass is 35.5. The first kappa shape index (κ1) is 36.3. The van der Waals surface area contributed by atoms with Gasteiger partial charge >= 0.3 is 5.97 Å². The van der Waals surface area contributed by atoms with Crippen molar-refractivity contribution in [3.05, 3.63) is 100 Å². The number of carboxylic acid groups (broad SMARTS) is 1. The molecule has 4 rings (SSSR count). The maximum absolute atomic E-state index is 15.4. The number of hydrogen-bond donors (Lipinski definition) is 1. The van der Waals surface area contributed by atoms with Gasteiger partial charge in [0, 0.05) is 29.5 Å². The number of carboxylic acids is 1. The first-order valence-corrected chi connectivity index (χ1v) is 17.4. The van der Waals surface area contributed by atoms with E-state index in [1.807, 2.05) is 26.8 Å². The number of aliphatic carboxylic acids is 1. The molecule has 1 heterocycles. The fraction of sp³-hybridized carbons (Fsp3) is 0.333. The summed E-state index contributed by atoms with van der Waals surface area (Å²) in [6, 6.07) is 11.1. The highest BCUT2D eigenvalue weighted by molar-refractivity contribution is 7.98. The van der Waals surface area contributed by atoms with Crippen molar-refractivity contribution in [1.29, 1.82) is 0 Å². The second-order valence-corrected chi connectivity index (χ2v) is 14.7. The lowest BCUT2D eigenvalue weighted by Crippen LogP contribution is -2.42. The summed E-state index contributed by atoms with van der Waals surface area (Å²) in [6.07, 6.45) is 2.77. The SMILES string of the molecule is CCCC[C@H](C(=O)O)N(C)S(=O)(=O)c1cc(F)c(CSc2ncc(C(C)(C)c3ccc(Cl)c(OC)c3)n2-c2ccc(F)cc2)c(F)c1. The number of sulfonamides is 1. The number of likely N-dealkylation sites (N-methyl/N-ethyl adjacent to an activating group) is 1.